The number of methoxy groups -OCH3 is 1. The molecular formula is C35H37Cl2N11O3. The zero-order valence-electron chi connectivity index (χ0n) is 28.2. The molecule has 6 heterocycles. The third-order valence-electron chi connectivity index (χ3n) is 9.24. The topological polar surface area (TPSA) is 157 Å². The quantitative estimate of drug-likeness (QED) is 0.171. The molecule has 2 aliphatic heterocycles. The number of imidazole rings is 1. The zero-order valence-corrected chi connectivity index (χ0v) is 29.7. The minimum Gasteiger partial charge on any atom is -0.481 e. The summed E-state index contributed by atoms with van der Waals surface area (Å²) in [6, 6.07) is 11.0. The number of carbonyl (C=O) groups is 2. The normalized spacial score (nSPS) is 15.8. The van der Waals surface area contributed by atoms with Gasteiger partial charge < -0.3 is 25.3 Å². The maximum absolute atomic E-state index is 13.6. The summed E-state index contributed by atoms with van der Waals surface area (Å²) >= 11 is 13.9. The minimum absolute atomic E-state index is 0.0866. The Labute approximate surface area is 304 Å². The minimum atomic E-state index is -0.369. The van der Waals surface area contributed by atoms with Crippen molar-refractivity contribution in [1.29, 1.82) is 0 Å². The SMILES string of the molecule is COc1nc(-c2ccnc(-c3cccc(NC(=O)c4nc5c(n4C)CCN(CCn4cncn4)C5)c3Cl)c2Cl)ccc1CNCC1CCC(=O)N1. The van der Waals surface area contributed by atoms with Crippen LogP contribution in [0.2, 0.25) is 10.0 Å². The van der Waals surface area contributed by atoms with E-state index in [1.807, 2.05) is 23.7 Å². The number of pyridine rings is 2. The third kappa shape index (κ3) is 7.45. The van der Waals surface area contributed by atoms with E-state index in [0.29, 0.717) is 76.0 Å². The number of aromatic nitrogens is 7. The highest BCUT2D eigenvalue weighted by Gasteiger charge is 2.26. The zero-order chi connectivity index (χ0) is 35.5. The Morgan fingerprint density at radius 1 is 1.08 bits per heavy atom. The number of ether oxygens (including phenoxy) is 1. The van der Waals surface area contributed by atoms with Gasteiger partial charge in [0.15, 0.2) is 5.82 Å². The van der Waals surface area contributed by atoms with Crippen LogP contribution < -0.4 is 20.7 Å². The lowest BCUT2D eigenvalue weighted by Crippen LogP contribution is -2.35. The highest BCUT2D eigenvalue weighted by atomic mass is 35.5. The molecule has 4 aromatic heterocycles. The largest absolute Gasteiger partial charge is 0.481 e. The average Bonchev–Trinajstić information content (AvgIpc) is 3.89. The summed E-state index contributed by atoms with van der Waals surface area (Å²) < 4.78 is 9.28. The van der Waals surface area contributed by atoms with Gasteiger partial charge in [-0.05, 0) is 24.6 Å². The lowest BCUT2D eigenvalue weighted by Gasteiger charge is -2.26. The van der Waals surface area contributed by atoms with Crippen LogP contribution in [0.5, 0.6) is 5.88 Å². The maximum Gasteiger partial charge on any atom is 0.291 e. The first kappa shape index (κ1) is 34.6. The van der Waals surface area contributed by atoms with Crippen LogP contribution in [0.25, 0.3) is 22.5 Å². The molecule has 16 heteroatoms. The van der Waals surface area contributed by atoms with Gasteiger partial charge in [-0.25, -0.2) is 15.0 Å². The molecule has 2 amide bonds. The molecule has 3 N–H and O–H groups in total. The van der Waals surface area contributed by atoms with E-state index in [1.165, 1.54) is 6.33 Å². The molecule has 0 spiro atoms. The lowest BCUT2D eigenvalue weighted by atomic mass is 10.1. The first-order valence-electron chi connectivity index (χ1n) is 16.7. The van der Waals surface area contributed by atoms with E-state index in [9.17, 15) is 9.59 Å². The second kappa shape index (κ2) is 15.2. The highest BCUT2D eigenvalue weighted by Crippen LogP contribution is 2.40. The smallest absolute Gasteiger partial charge is 0.291 e. The number of fused-ring (bicyclic) bond motifs is 1. The lowest BCUT2D eigenvalue weighted by molar-refractivity contribution is -0.119. The molecular weight excluding hydrogens is 693 g/mol. The predicted molar refractivity (Wildman–Crippen MR) is 193 cm³/mol. The molecule has 14 nitrogen and oxygen atoms in total. The molecule has 1 aromatic carbocycles. The molecule has 0 bridgehead atoms. The van der Waals surface area contributed by atoms with Crippen molar-refractivity contribution >= 4 is 40.7 Å². The van der Waals surface area contributed by atoms with Gasteiger partial charge in [-0.15, -0.1) is 0 Å². The van der Waals surface area contributed by atoms with Crippen molar-refractivity contribution in [1.82, 2.24) is 49.8 Å². The highest BCUT2D eigenvalue weighted by molar-refractivity contribution is 6.39. The van der Waals surface area contributed by atoms with Crippen molar-refractivity contribution in [3.8, 4) is 28.4 Å². The summed E-state index contributed by atoms with van der Waals surface area (Å²) in [5.41, 5.74) is 5.44. The molecule has 7 rings (SSSR count). The van der Waals surface area contributed by atoms with E-state index in [4.69, 9.17) is 37.9 Å². The van der Waals surface area contributed by atoms with Gasteiger partial charge in [0.2, 0.25) is 11.8 Å². The molecule has 5 aromatic rings. The second-order valence-corrected chi connectivity index (χ2v) is 13.3. The van der Waals surface area contributed by atoms with Gasteiger partial charge in [0, 0.05) is 87.2 Å². The number of hydrogen-bond donors (Lipinski definition) is 3. The Morgan fingerprint density at radius 2 is 1.96 bits per heavy atom. The first-order valence-corrected chi connectivity index (χ1v) is 17.4. The van der Waals surface area contributed by atoms with Crippen LogP contribution in [-0.4, -0.2) is 83.8 Å². The Bertz CT molecular complexity index is 2070. The van der Waals surface area contributed by atoms with E-state index in [-0.39, 0.29) is 17.9 Å². The number of nitrogens with one attached hydrogen (secondary N) is 3. The summed E-state index contributed by atoms with van der Waals surface area (Å²) in [6.07, 6.45) is 7.03. The molecule has 1 atom stereocenters. The van der Waals surface area contributed by atoms with Gasteiger partial charge in [0.25, 0.3) is 5.91 Å². The van der Waals surface area contributed by atoms with Crippen LogP contribution in [0, 0.1) is 0 Å². The van der Waals surface area contributed by atoms with Gasteiger partial charge in [-0.3, -0.25) is 24.2 Å². The molecule has 264 valence electrons. The van der Waals surface area contributed by atoms with E-state index in [1.54, 1.807) is 48.6 Å². The first-order chi connectivity index (χ1) is 24.8. The van der Waals surface area contributed by atoms with Crippen molar-refractivity contribution in [2.45, 2.75) is 44.9 Å². The van der Waals surface area contributed by atoms with Crippen molar-refractivity contribution in [2.75, 3.05) is 32.1 Å². The van der Waals surface area contributed by atoms with E-state index in [0.717, 1.165) is 49.4 Å². The number of halogens is 2. The standard InChI is InChI=1S/C35H37Cl2N11O3/c1-46-28-11-13-47(14-15-48-20-39-19-41-48)18-27(28)43-33(46)34(50)44-26-5-3-4-24(30(26)36)32-31(37)23(10-12-40-32)25-8-6-21(35(45-25)51-2)16-38-17-22-7-9-29(49)42-22/h3-6,8,10,12,19-20,22,38H,7,9,11,13-18H2,1-2H3,(H,42,49)(H,44,50). The van der Waals surface area contributed by atoms with Crippen molar-refractivity contribution in [2.24, 2.45) is 7.05 Å². The van der Waals surface area contributed by atoms with Gasteiger partial charge in [-0.2, -0.15) is 5.10 Å². The summed E-state index contributed by atoms with van der Waals surface area (Å²) in [4.78, 5) is 45.4. The van der Waals surface area contributed by atoms with Crippen LogP contribution in [0.4, 0.5) is 5.69 Å². The summed E-state index contributed by atoms with van der Waals surface area (Å²) in [6.45, 7) is 4.21. The fourth-order valence-electron chi connectivity index (χ4n) is 6.53. The summed E-state index contributed by atoms with van der Waals surface area (Å²) in [5.74, 6) is 0.486. The van der Waals surface area contributed by atoms with Crippen LogP contribution in [0.3, 0.4) is 0 Å². The van der Waals surface area contributed by atoms with Crippen molar-refractivity contribution in [3.05, 3.63) is 88.1 Å². The molecule has 1 saturated heterocycles. The Hall–Kier alpha value is -4.89. The number of anilines is 1. The van der Waals surface area contributed by atoms with Gasteiger partial charge >= 0.3 is 0 Å². The predicted octanol–water partition coefficient (Wildman–Crippen LogP) is 4.13. The number of rotatable bonds is 12. The van der Waals surface area contributed by atoms with Gasteiger partial charge in [0.05, 0.1) is 46.5 Å². The van der Waals surface area contributed by atoms with Crippen LogP contribution in [0.15, 0.2) is 55.2 Å². The number of nitrogens with zero attached hydrogens (tertiary/aromatic N) is 8. The maximum atomic E-state index is 13.6. The van der Waals surface area contributed by atoms with E-state index < -0.39 is 0 Å². The van der Waals surface area contributed by atoms with Crippen LogP contribution in [-0.2, 0) is 37.9 Å². The average molecular weight is 731 g/mol. The van der Waals surface area contributed by atoms with Crippen molar-refractivity contribution in [3.63, 3.8) is 0 Å². The molecule has 51 heavy (non-hydrogen) atoms. The van der Waals surface area contributed by atoms with Crippen LogP contribution >= 0.6 is 23.2 Å². The molecule has 1 unspecified atom stereocenters. The summed E-state index contributed by atoms with van der Waals surface area (Å²) in [5, 5.41) is 14.1. The Morgan fingerprint density at radius 3 is 2.75 bits per heavy atom. The molecule has 1 fully saturated rings. The molecule has 2 aliphatic rings. The second-order valence-electron chi connectivity index (χ2n) is 12.5. The Balaban J connectivity index is 1.06. The van der Waals surface area contributed by atoms with Gasteiger partial charge in [0.1, 0.15) is 12.7 Å². The van der Waals surface area contributed by atoms with E-state index in [2.05, 4.69) is 35.9 Å². The fraction of sp³-hybridized carbons (Fsp3) is 0.343. The molecule has 0 radical (unpaired) electrons. The van der Waals surface area contributed by atoms with E-state index >= 15 is 0 Å². The number of hydrogen-bond acceptors (Lipinski definition) is 10. The number of carbonyl (C=O) groups excluding carboxylic acids is 2. The fourth-order valence-corrected chi connectivity index (χ4v) is 7.10. The van der Waals surface area contributed by atoms with Gasteiger partial charge in [-0.1, -0.05) is 41.4 Å². The molecule has 0 aliphatic carbocycles. The Kier molecular flexibility index (Phi) is 10.3. The summed E-state index contributed by atoms with van der Waals surface area (Å²) in [7, 11) is 3.44. The van der Waals surface area contributed by atoms with Crippen molar-refractivity contribution < 1.29 is 14.3 Å². The molecule has 0 saturated carbocycles. The van der Waals surface area contributed by atoms with Crippen LogP contribution in [0.1, 0.15) is 40.4 Å². The number of amides is 2. The monoisotopic (exact) mass is 729 g/mol. The third-order valence-corrected chi connectivity index (χ3v) is 10.0. The number of benzene rings is 1.